The molecule has 1 aliphatic carbocycles. The van der Waals surface area contributed by atoms with Crippen LogP contribution in [0.15, 0.2) is 36.4 Å². The number of carbonyl (C=O) groups is 1. The van der Waals surface area contributed by atoms with Gasteiger partial charge in [0.1, 0.15) is 19.1 Å². The molecular formula is C21H30BCl2NO4. The maximum absolute atomic E-state index is 11.9. The quantitative estimate of drug-likeness (QED) is 0.471. The van der Waals surface area contributed by atoms with E-state index in [1.54, 1.807) is 12.1 Å². The Bertz CT molecular complexity index is 831. The molecule has 2 aromatic carbocycles. The second-order valence-corrected chi connectivity index (χ2v) is 8.07. The standard InChI is InChI=1S/C21H28BNO4.2ClH/c22-19(5-2-8-24)21(23,20(26)27)16-10-13(11-16)9-15-4-1-3-14-6-7-17(25)12-18(14)15;;/h1,3-4,6-7,12-13,16,19,24-25H,2,5,8-11,22-23H2,(H,26,27);2*1H/t13-,16+,19?,21?;;. The van der Waals surface area contributed by atoms with Crippen LogP contribution in [0.5, 0.6) is 5.75 Å². The zero-order chi connectivity index (χ0) is 19.6. The molecule has 0 amide bonds. The van der Waals surface area contributed by atoms with E-state index in [-0.39, 0.29) is 48.9 Å². The van der Waals surface area contributed by atoms with E-state index in [4.69, 9.17) is 10.8 Å². The molecule has 1 fully saturated rings. The number of nitrogens with two attached hydrogens (primary N) is 1. The lowest BCUT2D eigenvalue weighted by atomic mass is 9.55. The highest BCUT2D eigenvalue weighted by molar-refractivity contribution is 6.15. The van der Waals surface area contributed by atoms with Crippen LogP contribution in [0.1, 0.15) is 31.2 Å². The summed E-state index contributed by atoms with van der Waals surface area (Å²) in [6.07, 6.45) is 3.63. The summed E-state index contributed by atoms with van der Waals surface area (Å²) >= 11 is 0. The second-order valence-electron chi connectivity index (χ2n) is 8.07. The van der Waals surface area contributed by atoms with E-state index in [9.17, 15) is 15.0 Å². The first-order valence-electron chi connectivity index (χ1n) is 9.70. The van der Waals surface area contributed by atoms with E-state index in [1.165, 1.54) is 5.56 Å². The molecule has 0 bridgehead atoms. The van der Waals surface area contributed by atoms with Crippen molar-refractivity contribution in [2.24, 2.45) is 17.6 Å². The van der Waals surface area contributed by atoms with Crippen molar-refractivity contribution in [1.82, 2.24) is 0 Å². The SMILES string of the molecule is BC(CCCO)C(N)(C(=O)O)[C@H]1C[C@@H](Cc2cccc3ccc(O)cc23)C1.Cl.Cl. The summed E-state index contributed by atoms with van der Waals surface area (Å²) < 4.78 is 0. The van der Waals surface area contributed by atoms with Crippen molar-refractivity contribution in [2.75, 3.05) is 6.61 Å². The van der Waals surface area contributed by atoms with Crippen LogP contribution in [0, 0.1) is 11.8 Å². The number of carboxylic acid groups (broad SMARTS) is 1. The van der Waals surface area contributed by atoms with Gasteiger partial charge in [0.05, 0.1) is 0 Å². The fourth-order valence-electron chi connectivity index (χ4n) is 4.53. The Hall–Kier alpha value is -1.47. The van der Waals surface area contributed by atoms with Crippen molar-refractivity contribution in [3.63, 3.8) is 0 Å². The molecule has 5 nitrogen and oxygen atoms in total. The molecule has 0 radical (unpaired) electrons. The minimum absolute atomic E-state index is 0. The smallest absolute Gasteiger partial charge is 0.323 e. The van der Waals surface area contributed by atoms with Gasteiger partial charge in [0.2, 0.25) is 0 Å². The summed E-state index contributed by atoms with van der Waals surface area (Å²) in [5, 5.41) is 30.8. The molecule has 160 valence electrons. The predicted octanol–water partition coefficient (Wildman–Crippen LogP) is 2.93. The van der Waals surface area contributed by atoms with Crippen LogP contribution in [0.3, 0.4) is 0 Å². The summed E-state index contributed by atoms with van der Waals surface area (Å²) in [5.74, 6) is -0.507. The third-order valence-corrected chi connectivity index (χ3v) is 6.36. The molecule has 0 aliphatic heterocycles. The van der Waals surface area contributed by atoms with Crippen LogP contribution < -0.4 is 5.73 Å². The number of aromatic hydroxyl groups is 1. The molecule has 1 aliphatic rings. The van der Waals surface area contributed by atoms with Crippen molar-refractivity contribution in [3.8, 4) is 5.75 Å². The molecule has 8 heteroatoms. The molecule has 0 spiro atoms. The van der Waals surface area contributed by atoms with E-state index < -0.39 is 11.5 Å². The average Bonchev–Trinajstić information content (AvgIpc) is 2.61. The van der Waals surface area contributed by atoms with Gasteiger partial charge in [-0.2, -0.15) is 0 Å². The van der Waals surface area contributed by atoms with E-state index in [2.05, 4.69) is 6.07 Å². The normalized spacial score (nSPS) is 21.2. The van der Waals surface area contributed by atoms with Gasteiger partial charge in [-0.25, -0.2) is 0 Å². The monoisotopic (exact) mass is 441 g/mol. The predicted molar refractivity (Wildman–Crippen MR) is 123 cm³/mol. The zero-order valence-electron chi connectivity index (χ0n) is 16.6. The summed E-state index contributed by atoms with van der Waals surface area (Å²) in [6.45, 7) is 0.0568. The summed E-state index contributed by atoms with van der Waals surface area (Å²) in [5.41, 5.74) is 6.33. The molecule has 2 unspecified atom stereocenters. The van der Waals surface area contributed by atoms with Gasteiger partial charge in [-0.3, -0.25) is 4.79 Å². The fraction of sp³-hybridized carbons (Fsp3) is 0.476. The van der Waals surface area contributed by atoms with E-state index in [0.29, 0.717) is 18.8 Å². The largest absolute Gasteiger partial charge is 0.508 e. The van der Waals surface area contributed by atoms with Gasteiger partial charge in [-0.1, -0.05) is 30.7 Å². The number of phenols is 1. The molecule has 2 atom stereocenters. The maximum atomic E-state index is 11.9. The molecule has 3 rings (SSSR count). The van der Waals surface area contributed by atoms with Crippen LogP contribution in [-0.4, -0.2) is 41.3 Å². The second kappa shape index (κ2) is 10.5. The molecule has 0 aromatic heterocycles. The van der Waals surface area contributed by atoms with Crippen molar-refractivity contribution in [1.29, 1.82) is 0 Å². The first-order chi connectivity index (χ1) is 12.9. The van der Waals surface area contributed by atoms with Crippen molar-refractivity contribution >= 4 is 49.4 Å². The van der Waals surface area contributed by atoms with Crippen molar-refractivity contribution < 1.29 is 20.1 Å². The zero-order valence-corrected chi connectivity index (χ0v) is 18.2. The highest BCUT2D eigenvalue weighted by atomic mass is 35.5. The minimum atomic E-state index is -1.23. The Morgan fingerprint density at radius 1 is 1.24 bits per heavy atom. The Kier molecular flexibility index (Phi) is 9.29. The van der Waals surface area contributed by atoms with Crippen LogP contribution in [0.4, 0.5) is 0 Å². The number of halogens is 2. The summed E-state index contributed by atoms with van der Waals surface area (Å²) in [6, 6.07) is 11.5. The first-order valence-corrected chi connectivity index (χ1v) is 9.70. The Labute approximate surface area is 184 Å². The van der Waals surface area contributed by atoms with Crippen molar-refractivity contribution in [2.45, 2.75) is 43.5 Å². The van der Waals surface area contributed by atoms with E-state index in [0.717, 1.165) is 30.0 Å². The maximum Gasteiger partial charge on any atom is 0.323 e. The highest BCUT2D eigenvalue weighted by Gasteiger charge is 2.51. The Morgan fingerprint density at radius 3 is 2.55 bits per heavy atom. The lowest BCUT2D eigenvalue weighted by Crippen LogP contribution is -2.61. The van der Waals surface area contributed by atoms with Gasteiger partial charge in [0.15, 0.2) is 0 Å². The number of phenolic OH excluding ortho intramolecular Hbond substituents is 1. The lowest BCUT2D eigenvalue weighted by molar-refractivity contribution is -0.148. The number of aliphatic hydroxyl groups excluding tert-OH is 1. The third-order valence-electron chi connectivity index (χ3n) is 6.36. The topological polar surface area (TPSA) is 104 Å². The number of hydrogen-bond acceptors (Lipinski definition) is 4. The molecule has 1 saturated carbocycles. The number of fused-ring (bicyclic) bond motifs is 1. The number of aliphatic carboxylic acids is 1. The Balaban J connectivity index is 0.00000210. The van der Waals surface area contributed by atoms with Crippen molar-refractivity contribution in [3.05, 3.63) is 42.0 Å². The van der Waals surface area contributed by atoms with E-state index >= 15 is 0 Å². The van der Waals surface area contributed by atoms with Crippen LogP contribution in [-0.2, 0) is 11.2 Å². The van der Waals surface area contributed by atoms with Gasteiger partial charge in [-0.15, -0.1) is 24.8 Å². The van der Waals surface area contributed by atoms with Crippen LogP contribution >= 0.6 is 24.8 Å². The van der Waals surface area contributed by atoms with Crippen LogP contribution in [0.2, 0.25) is 5.82 Å². The lowest BCUT2D eigenvalue weighted by Gasteiger charge is -2.47. The minimum Gasteiger partial charge on any atom is -0.508 e. The third kappa shape index (κ3) is 5.18. The average molecular weight is 442 g/mol. The molecule has 0 saturated heterocycles. The highest BCUT2D eigenvalue weighted by Crippen LogP contribution is 2.47. The van der Waals surface area contributed by atoms with Gasteiger partial charge < -0.3 is 21.1 Å². The number of aliphatic hydroxyl groups is 1. The molecule has 2 aromatic rings. The van der Waals surface area contributed by atoms with Crippen LogP contribution in [0.25, 0.3) is 10.8 Å². The van der Waals surface area contributed by atoms with E-state index in [1.807, 2.05) is 26.0 Å². The van der Waals surface area contributed by atoms with Gasteiger partial charge >= 0.3 is 5.97 Å². The first kappa shape index (κ1) is 25.6. The van der Waals surface area contributed by atoms with Gasteiger partial charge in [-0.05, 0) is 71.8 Å². The number of rotatable bonds is 8. The fourth-order valence-corrected chi connectivity index (χ4v) is 4.53. The van der Waals surface area contributed by atoms with Gasteiger partial charge in [0, 0.05) is 6.61 Å². The summed E-state index contributed by atoms with van der Waals surface area (Å²) in [7, 11) is 1.88. The summed E-state index contributed by atoms with van der Waals surface area (Å²) in [4.78, 5) is 11.9. The number of hydrogen-bond donors (Lipinski definition) is 4. The number of carboxylic acids is 1. The molecular weight excluding hydrogens is 412 g/mol. The van der Waals surface area contributed by atoms with Gasteiger partial charge in [0.25, 0.3) is 0 Å². The Morgan fingerprint density at radius 2 is 1.93 bits per heavy atom. The molecule has 5 N–H and O–H groups in total. The molecule has 29 heavy (non-hydrogen) atoms. The number of benzene rings is 2. The molecule has 0 heterocycles.